The van der Waals surface area contributed by atoms with Gasteiger partial charge in [-0.15, -0.1) is 10.2 Å². The molecule has 0 aliphatic rings. The topological polar surface area (TPSA) is 72.7 Å². The Morgan fingerprint density at radius 3 is 2.52 bits per heavy atom. The van der Waals surface area contributed by atoms with Gasteiger partial charge in [-0.05, 0) is 50.1 Å². The van der Waals surface area contributed by atoms with E-state index in [1.54, 1.807) is 12.1 Å². The summed E-state index contributed by atoms with van der Waals surface area (Å²) in [5, 5.41) is 16.9. The van der Waals surface area contributed by atoms with Crippen molar-refractivity contribution in [2.75, 3.05) is 5.32 Å². The number of amides is 1. The molecule has 0 aliphatic carbocycles. The lowest BCUT2D eigenvalue weighted by molar-refractivity contribution is 0.102. The molecule has 130 valence electrons. The maximum absolute atomic E-state index is 12.4. The number of hydrogen-bond acceptors (Lipinski definition) is 5. The van der Waals surface area contributed by atoms with E-state index in [-0.39, 0.29) is 5.91 Å². The summed E-state index contributed by atoms with van der Waals surface area (Å²) in [6.45, 7) is 8.22. The highest BCUT2D eigenvalue weighted by atomic mass is 32.1. The molecular formula is C18H21N5OS. The van der Waals surface area contributed by atoms with E-state index >= 15 is 0 Å². The van der Waals surface area contributed by atoms with Crippen LogP contribution in [0, 0.1) is 19.8 Å². The van der Waals surface area contributed by atoms with Crippen molar-refractivity contribution in [2.24, 2.45) is 5.92 Å². The van der Waals surface area contributed by atoms with Crippen molar-refractivity contribution in [3.63, 3.8) is 0 Å². The summed E-state index contributed by atoms with van der Waals surface area (Å²) >= 11 is 1.42. The molecule has 0 unspecified atom stereocenters. The van der Waals surface area contributed by atoms with Gasteiger partial charge in [0.15, 0.2) is 0 Å². The predicted octanol–water partition coefficient (Wildman–Crippen LogP) is 3.79. The second-order valence-electron chi connectivity index (χ2n) is 6.44. The first-order valence-corrected chi connectivity index (χ1v) is 9.01. The number of benzene rings is 1. The molecule has 0 spiro atoms. The molecule has 3 rings (SSSR count). The van der Waals surface area contributed by atoms with Crippen LogP contribution in [0.3, 0.4) is 0 Å². The van der Waals surface area contributed by atoms with Crippen molar-refractivity contribution in [3.05, 3.63) is 52.3 Å². The molecule has 0 atom stereocenters. The maximum atomic E-state index is 12.4. The van der Waals surface area contributed by atoms with Gasteiger partial charge in [0.2, 0.25) is 5.13 Å². The monoisotopic (exact) mass is 355 g/mol. The van der Waals surface area contributed by atoms with Gasteiger partial charge in [0.05, 0.1) is 11.4 Å². The van der Waals surface area contributed by atoms with Gasteiger partial charge < -0.3 is 0 Å². The maximum Gasteiger partial charge on any atom is 0.257 e. The molecule has 7 heteroatoms. The molecule has 6 nitrogen and oxygen atoms in total. The summed E-state index contributed by atoms with van der Waals surface area (Å²) in [5.74, 6) is 0.325. The van der Waals surface area contributed by atoms with E-state index in [2.05, 4.69) is 34.5 Å². The van der Waals surface area contributed by atoms with Crippen LogP contribution in [0.25, 0.3) is 5.69 Å². The fourth-order valence-corrected chi connectivity index (χ4v) is 3.50. The smallest absolute Gasteiger partial charge is 0.257 e. The predicted molar refractivity (Wildman–Crippen MR) is 99.4 cm³/mol. The highest BCUT2D eigenvalue weighted by Crippen LogP contribution is 2.19. The van der Waals surface area contributed by atoms with Crippen molar-refractivity contribution in [1.82, 2.24) is 20.0 Å². The van der Waals surface area contributed by atoms with Crippen LogP contribution < -0.4 is 5.32 Å². The fourth-order valence-electron chi connectivity index (χ4n) is 2.55. The molecule has 1 amide bonds. The van der Waals surface area contributed by atoms with E-state index < -0.39 is 0 Å². The number of aromatic nitrogens is 4. The molecule has 0 saturated carbocycles. The van der Waals surface area contributed by atoms with E-state index in [0.29, 0.717) is 16.6 Å². The standard InChI is InChI=1S/C18H21N5OS/c1-11(2)9-16-20-21-18(25-16)19-17(24)14-5-7-15(8-6-14)23-13(4)10-12(3)22-23/h5-8,10-11H,9H2,1-4H3,(H,19,21,24). The van der Waals surface area contributed by atoms with Gasteiger partial charge in [-0.2, -0.15) is 5.10 Å². The van der Waals surface area contributed by atoms with Crippen LogP contribution in [0.1, 0.15) is 40.6 Å². The van der Waals surface area contributed by atoms with Crippen LogP contribution in [0.5, 0.6) is 0 Å². The summed E-state index contributed by atoms with van der Waals surface area (Å²) in [5.41, 5.74) is 3.53. The Balaban J connectivity index is 1.70. The van der Waals surface area contributed by atoms with Gasteiger partial charge in [-0.1, -0.05) is 25.2 Å². The third-order valence-electron chi connectivity index (χ3n) is 3.65. The van der Waals surface area contributed by atoms with Crippen molar-refractivity contribution < 1.29 is 4.79 Å². The first-order valence-electron chi connectivity index (χ1n) is 8.20. The molecule has 0 aliphatic heterocycles. The lowest BCUT2D eigenvalue weighted by atomic mass is 10.1. The summed E-state index contributed by atoms with van der Waals surface area (Å²) in [6.07, 6.45) is 0.866. The van der Waals surface area contributed by atoms with Crippen molar-refractivity contribution >= 4 is 22.4 Å². The molecule has 0 saturated heterocycles. The first-order chi connectivity index (χ1) is 11.9. The second-order valence-corrected chi connectivity index (χ2v) is 7.50. The van der Waals surface area contributed by atoms with Gasteiger partial charge in [0.25, 0.3) is 5.91 Å². The lowest BCUT2D eigenvalue weighted by Gasteiger charge is -2.06. The first kappa shape index (κ1) is 17.3. The Hall–Kier alpha value is -2.54. The van der Waals surface area contributed by atoms with Crippen LogP contribution in [0.4, 0.5) is 5.13 Å². The minimum Gasteiger partial charge on any atom is -0.296 e. The molecule has 1 N–H and O–H groups in total. The average Bonchev–Trinajstić information content (AvgIpc) is 3.12. The number of hydrogen-bond donors (Lipinski definition) is 1. The third-order valence-corrected chi connectivity index (χ3v) is 4.51. The molecule has 2 heterocycles. The van der Waals surface area contributed by atoms with E-state index in [1.807, 2.05) is 36.7 Å². The summed E-state index contributed by atoms with van der Waals surface area (Å²) in [7, 11) is 0. The van der Waals surface area contributed by atoms with Crippen LogP contribution >= 0.6 is 11.3 Å². The Labute approximate surface area is 150 Å². The Morgan fingerprint density at radius 1 is 1.20 bits per heavy atom. The van der Waals surface area contributed by atoms with Crippen molar-refractivity contribution in [2.45, 2.75) is 34.1 Å². The second kappa shape index (κ2) is 7.14. The molecule has 0 fully saturated rings. The largest absolute Gasteiger partial charge is 0.296 e. The SMILES string of the molecule is Cc1cc(C)n(-c2ccc(C(=O)Nc3nnc(CC(C)C)s3)cc2)n1. The number of anilines is 1. The molecular weight excluding hydrogens is 334 g/mol. The molecule has 3 aromatic rings. The summed E-state index contributed by atoms with van der Waals surface area (Å²) in [4.78, 5) is 12.4. The molecule has 0 bridgehead atoms. The Kier molecular flexibility index (Phi) is 4.94. The molecule has 0 radical (unpaired) electrons. The number of nitrogens with zero attached hydrogens (tertiary/aromatic N) is 4. The van der Waals surface area contributed by atoms with Gasteiger partial charge in [-0.3, -0.25) is 10.1 Å². The van der Waals surface area contributed by atoms with E-state index in [1.165, 1.54) is 11.3 Å². The number of rotatable bonds is 5. The van der Waals surface area contributed by atoms with E-state index in [0.717, 1.165) is 28.5 Å². The van der Waals surface area contributed by atoms with Gasteiger partial charge >= 0.3 is 0 Å². The summed E-state index contributed by atoms with van der Waals surface area (Å²) in [6, 6.07) is 9.37. The summed E-state index contributed by atoms with van der Waals surface area (Å²) < 4.78 is 1.86. The highest BCUT2D eigenvalue weighted by Gasteiger charge is 2.12. The molecule has 1 aromatic carbocycles. The van der Waals surface area contributed by atoms with Crippen LogP contribution in [0.2, 0.25) is 0 Å². The van der Waals surface area contributed by atoms with Gasteiger partial charge in [0.1, 0.15) is 5.01 Å². The molecule has 25 heavy (non-hydrogen) atoms. The van der Waals surface area contributed by atoms with E-state index in [4.69, 9.17) is 0 Å². The zero-order chi connectivity index (χ0) is 18.0. The Morgan fingerprint density at radius 2 is 1.92 bits per heavy atom. The Bertz CT molecular complexity index is 879. The zero-order valence-corrected chi connectivity index (χ0v) is 15.6. The molecule has 2 aromatic heterocycles. The zero-order valence-electron chi connectivity index (χ0n) is 14.8. The van der Waals surface area contributed by atoms with Crippen molar-refractivity contribution in [1.29, 1.82) is 0 Å². The average molecular weight is 355 g/mol. The quantitative estimate of drug-likeness (QED) is 0.756. The third kappa shape index (κ3) is 4.11. The highest BCUT2D eigenvalue weighted by molar-refractivity contribution is 7.15. The fraction of sp³-hybridized carbons (Fsp3) is 0.333. The number of carbonyl (C=O) groups is 1. The lowest BCUT2D eigenvalue weighted by Crippen LogP contribution is -2.12. The van der Waals surface area contributed by atoms with Gasteiger partial charge in [-0.25, -0.2) is 4.68 Å². The number of aryl methyl sites for hydroxylation is 2. The normalized spacial score (nSPS) is 11.1. The van der Waals surface area contributed by atoms with Crippen LogP contribution in [0.15, 0.2) is 30.3 Å². The van der Waals surface area contributed by atoms with Crippen LogP contribution in [-0.4, -0.2) is 25.9 Å². The van der Waals surface area contributed by atoms with Crippen molar-refractivity contribution in [3.8, 4) is 5.69 Å². The van der Waals surface area contributed by atoms with E-state index in [9.17, 15) is 4.79 Å². The minimum atomic E-state index is -0.188. The number of carbonyl (C=O) groups excluding carboxylic acids is 1. The van der Waals surface area contributed by atoms with Gasteiger partial charge in [0, 0.05) is 17.7 Å². The minimum absolute atomic E-state index is 0.188. The number of nitrogens with one attached hydrogen (secondary N) is 1. The van der Waals surface area contributed by atoms with Crippen LogP contribution in [-0.2, 0) is 6.42 Å².